The molecular formula is C14H15FN4O3S2. The highest BCUT2D eigenvalue weighted by atomic mass is 32.2. The second-order valence-electron chi connectivity index (χ2n) is 5.48. The number of amides is 1. The number of benzene rings is 1. The molecule has 24 heavy (non-hydrogen) atoms. The third-order valence-electron chi connectivity index (χ3n) is 3.45. The van der Waals surface area contributed by atoms with E-state index in [1.165, 1.54) is 30.4 Å². The SMILES string of the molecule is CC(NS(=O)(=O)c1ccccc1F)C(=O)Nc1nnc(C2CC2)s1. The van der Waals surface area contributed by atoms with Gasteiger partial charge in [0.25, 0.3) is 0 Å². The van der Waals surface area contributed by atoms with Gasteiger partial charge in [0.05, 0.1) is 6.04 Å². The first-order chi connectivity index (χ1) is 11.4. The quantitative estimate of drug-likeness (QED) is 0.808. The van der Waals surface area contributed by atoms with Gasteiger partial charge < -0.3 is 0 Å². The number of rotatable bonds is 6. The summed E-state index contributed by atoms with van der Waals surface area (Å²) in [7, 11) is -4.14. The van der Waals surface area contributed by atoms with Gasteiger partial charge in [0, 0.05) is 5.92 Å². The van der Waals surface area contributed by atoms with Crippen LogP contribution in [0.4, 0.5) is 9.52 Å². The Balaban J connectivity index is 1.65. The smallest absolute Gasteiger partial charge is 0.244 e. The Morgan fingerprint density at radius 1 is 1.33 bits per heavy atom. The third-order valence-corrected chi connectivity index (χ3v) is 6.02. The fourth-order valence-electron chi connectivity index (χ4n) is 2.01. The monoisotopic (exact) mass is 370 g/mol. The van der Waals surface area contributed by atoms with Crippen LogP contribution < -0.4 is 10.0 Å². The fraction of sp³-hybridized carbons (Fsp3) is 0.357. The number of hydrogen-bond acceptors (Lipinski definition) is 6. The summed E-state index contributed by atoms with van der Waals surface area (Å²) in [5.41, 5.74) is 0. The van der Waals surface area contributed by atoms with Crippen LogP contribution in [0.1, 0.15) is 30.7 Å². The van der Waals surface area contributed by atoms with E-state index < -0.39 is 32.7 Å². The number of nitrogens with zero attached hydrogens (tertiary/aromatic N) is 2. The molecule has 2 aromatic rings. The summed E-state index contributed by atoms with van der Waals surface area (Å²) in [4.78, 5) is 11.6. The first-order valence-electron chi connectivity index (χ1n) is 7.28. The van der Waals surface area contributed by atoms with E-state index in [1.54, 1.807) is 0 Å². The predicted octanol–water partition coefficient (Wildman–Crippen LogP) is 1.86. The van der Waals surface area contributed by atoms with Gasteiger partial charge >= 0.3 is 0 Å². The van der Waals surface area contributed by atoms with E-state index in [-0.39, 0.29) is 0 Å². The lowest BCUT2D eigenvalue weighted by Gasteiger charge is -2.13. The third kappa shape index (κ3) is 3.77. The average Bonchev–Trinajstić information content (AvgIpc) is 3.27. The molecule has 7 nitrogen and oxygen atoms in total. The minimum absolute atomic E-state index is 0.318. The van der Waals surface area contributed by atoms with Crippen LogP contribution in [0, 0.1) is 5.82 Å². The maximum atomic E-state index is 13.6. The summed E-state index contributed by atoms with van der Waals surface area (Å²) in [6.45, 7) is 1.37. The molecule has 1 aromatic heterocycles. The van der Waals surface area contributed by atoms with Crippen molar-refractivity contribution in [2.24, 2.45) is 0 Å². The number of sulfonamides is 1. The Labute approximate surface area is 142 Å². The van der Waals surface area contributed by atoms with Gasteiger partial charge in [0.1, 0.15) is 15.7 Å². The highest BCUT2D eigenvalue weighted by Crippen LogP contribution is 2.42. The summed E-state index contributed by atoms with van der Waals surface area (Å²) in [5.74, 6) is -1.05. The van der Waals surface area contributed by atoms with Crippen LogP contribution in [-0.2, 0) is 14.8 Å². The van der Waals surface area contributed by atoms with Crippen molar-refractivity contribution >= 4 is 32.4 Å². The predicted molar refractivity (Wildman–Crippen MR) is 86.7 cm³/mol. The second-order valence-corrected chi connectivity index (χ2v) is 8.17. The molecule has 1 unspecified atom stereocenters. The van der Waals surface area contributed by atoms with E-state index in [9.17, 15) is 17.6 Å². The topological polar surface area (TPSA) is 101 Å². The summed E-state index contributed by atoms with van der Waals surface area (Å²) < 4.78 is 40.1. The van der Waals surface area contributed by atoms with Crippen molar-refractivity contribution in [2.45, 2.75) is 36.6 Å². The Morgan fingerprint density at radius 3 is 2.71 bits per heavy atom. The van der Waals surface area contributed by atoms with E-state index in [1.807, 2.05) is 0 Å². The highest BCUT2D eigenvalue weighted by molar-refractivity contribution is 7.89. The molecule has 0 aliphatic heterocycles. The number of nitrogens with one attached hydrogen (secondary N) is 2. The van der Waals surface area contributed by atoms with Gasteiger partial charge in [0.2, 0.25) is 21.1 Å². The molecule has 2 N–H and O–H groups in total. The van der Waals surface area contributed by atoms with Gasteiger partial charge in [-0.15, -0.1) is 10.2 Å². The summed E-state index contributed by atoms with van der Waals surface area (Å²) >= 11 is 1.27. The molecule has 10 heteroatoms. The number of anilines is 1. The fourth-order valence-corrected chi connectivity index (χ4v) is 4.20. The molecule has 128 valence electrons. The molecule has 1 aromatic carbocycles. The van der Waals surface area contributed by atoms with E-state index >= 15 is 0 Å². The zero-order chi connectivity index (χ0) is 17.3. The Bertz CT molecular complexity index is 864. The standard InChI is InChI=1S/C14H15FN4O3S2/c1-8(19-24(21,22)11-5-3-2-4-10(11)15)12(20)16-14-18-17-13(23-14)9-6-7-9/h2-5,8-9,19H,6-7H2,1H3,(H,16,18,20). The van der Waals surface area contributed by atoms with Gasteiger partial charge in [-0.25, -0.2) is 12.8 Å². The summed E-state index contributed by atoms with van der Waals surface area (Å²) in [6, 6.07) is 3.87. The molecule has 0 bridgehead atoms. The Kier molecular flexibility index (Phi) is 4.61. The first kappa shape index (κ1) is 16.9. The van der Waals surface area contributed by atoms with Gasteiger partial charge in [0.15, 0.2) is 0 Å². The van der Waals surface area contributed by atoms with Crippen molar-refractivity contribution in [1.82, 2.24) is 14.9 Å². The zero-order valence-corrected chi connectivity index (χ0v) is 14.3. The maximum Gasteiger partial charge on any atom is 0.244 e. The molecule has 1 atom stereocenters. The highest BCUT2D eigenvalue weighted by Gasteiger charge is 2.29. The van der Waals surface area contributed by atoms with Gasteiger partial charge in [-0.1, -0.05) is 23.5 Å². The van der Waals surface area contributed by atoms with Gasteiger partial charge in [-0.05, 0) is 31.9 Å². The van der Waals surface area contributed by atoms with E-state index in [4.69, 9.17) is 0 Å². The van der Waals surface area contributed by atoms with Crippen LogP contribution in [0.25, 0.3) is 0 Å². The Morgan fingerprint density at radius 2 is 2.04 bits per heavy atom. The number of halogens is 1. The van der Waals surface area contributed by atoms with E-state index in [0.717, 1.165) is 30.0 Å². The van der Waals surface area contributed by atoms with Crippen LogP contribution in [0.15, 0.2) is 29.2 Å². The Hall–Kier alpha value is -1.91. The van der Waals surface area contributed by atoms with Crippen molar-refractivity contribution in [1.29, 1.82) is 0 Å². The minimum Gasteiger partial charge on any atom is -0.299 e. The molecule has 1 heterocycles. The van der Waals surface area contributed by atoms with Crippen molar-refractivity contribution in [2.75, 3.05) is 5.32 Å². The van der Waals surface area contributed by atoms with Crippen LogP contribution in [0.2, 0.25) is 0 Å². The average molecular weight is 370 g/mol. The van der Waals surface area contributed by atoms with Crippen LogP contribution >= 0.6 is 11.3 Å². The van der Waals surface area contributed by atoms with E-state index in [0.29, 0.717) is 11.0 Å². The number of carbonyl (C=O) groups is 1. The molecule has 1 aliphatic rings. The largest absolute Gasteiger partial charge is 0.299 e. The van der Waals surface area contributed by atoms with Crippen LogP contribution in [0.3, 0.4) is 0 Å². The number of hydrogen-bond donors (Lipinski definition) is 2. The summed E-state index contributed by atoms with van der Waals surface area (Å²) in [6.07, 6.45) is 2.14. The first-order valence-corrected chi connectivity index (χ1v) is 9.58. The molecule has 1 aliphatic carbocycles. The number of aromatic nitrogens is 2. The van der Waals surface area contributed by atoms with Crippen molar-refractivity contribution in [3.8, 4) is 0 Å². The van der Waals surface area contributed by atoms with Crippen LogP contribution in [-0.4, -0.2) is 30.6 Å². The van der Waals surface area contributed by atoms with Gasteiger partial charge in [-0.2, -0.15) is 4.72 Å². The van der Waals surface area contributed by atoms with E-state index in [2.05, 4.69) is 20.2 Å². The molecule has 3 rings (SSSR count). The van der Waals surface area contributed by atoms with Crippen molar-refractivity contribution < 1.29 is 17.6 Å². The molecule has 0 spiro atoms. The maximum absolute atomic E-state index is 13.6. The molecule has 1 amide bonds. The molecule has 0 radical (unpaired) electrons. The lowest BCUT2D eigenvalue weighted by Crippen LogP contribution is -2.41. The number of carbonyl (C=O) groups excluding carboxylic acids is 1. The van der Waals surface area contributed by atoms with Crippen molar-refractivity contribution in [3.63, 3.8) is 0 Å². The molecule has 1 fully saturated rings. The lowest BCUT2D eigenvalue weighted by molar-refractivity contribution is -0.117. The normalized spacial score (nSPS) is 15.9. The van der Waals surface area contributed by atoms with Gasteiger partial charge in [-0.3, -0.25) is 10.1 Å². The molecule has 0 saturated heterocycles. The second kappa shape index (κ2) is 6.54. The zero-order valence-electron chi connectivity index (χ0n) is 12.7. The lowest BCUT2D eigenvalue weighted by atomic mass is 10.3. The molecular weight excluding hydrogens is 355 g/mol. The van der Waals surface area contributed by atoms with Crippen molar-refractivity contribution in [3.05, 3.63) is 35.1 Å². The minimum atomic E-state index is -4.14. The van der Waals surface area contributed by atoms with Crippen LogP contribution in [0.5, 0.6) is 0 Å². The summed E-state index contributed by atoms with van der Waals surface area (Å²) in [5, 5.41) is 11.6. The molecule has 1 saturated carbocycles.